The Morgan fingerprint density at radius 1 is 0.898 bits per heavy atom. The van der Waals surface area contributed by atoms with Crippen LogP contribution in [-0.4, -0.2) is 117 Å². The molecular formula is C37H58O12. The third-order valence-corrected chi connectivity index (χ3v) is 13.6. The fourth-order valence-corrected chi connectivity index (χ4v) is 10.6. The van der Waals surface area contributed by atoms with Crippen molar-refractivity contribution in [3.05, 3.63) is 11.6 Å². The number of ketones is 2. The van der Waals surface area contributed by atoms with Gasteiger partial charge in [0.2, 0.25) is 0 Å². The fourth-order valence-electron chi connectivity index (χ4n) is 10.6. The molecule has 4 aliphatic carbocycles. The molecule has 12 heteroatoms. The Bertz CT molecular complexity index is 1240. The van der Waals surface area contributed by atoms with Gasteiger partial charge in [0.1, 0.15) is 48.2 Å². The second kappa shape index (κ2) is 14.6. The van der Waals surface area contributed by atoms with Crippen molar-refractivity contribution in [2.24, 2.45) is 46.3 Å². The van der Waals surface area contributed by atoms with E-state index in [2.05, 4.69) is 19.9 Å². The summed E-state index contributed by atoms with van der Waals surface area (Å²) < 4.78 is 22.6. The molecule has 6 N–H and O–H groups in total. The number of Topliss-reactive ketones (excluding diaryl/α,β-unsaturated/α-hetero) is 2. The number of hydrogen-bond acceptors (Lipinski definition) is 12. The van der Waals surface area contributed by atoms with E-state index in [-0.39, 0.29) is 72.0 Å². The lowest BCUT2D eigenvalue weighted by Crippen LogP contribution is -2.55. The van der Waals surface area contributed by atoms with E-state index in [1.807, 2.05) is 13.8 Å². The SMILES string of the molecule is C[C@H](CCC(=O)[C@@H](C)[C@H]1C(=O)C[C@H]2[C@@H]3CC=C4C[C@@H](O[C@@H]5OC[C@@H](O)[C@H](O)[C@H]5O)CC[C@]4(C)[C@H]3CC[C@]12C)CO[C@@H]1OC[C@H](O)[C@H](O)[C@H]1O. The molecule has 2 aliphatic heterocycles. The lowest BCUT2D eigenvalue weighted by Gasteiger charge is -2.58. The van der Waals surface area contributed by atoms with Gasteiger partial charge < -0.3 is 49.6 Å². The second-order valence-corrected chi connectivity index (χ2v) is 16.7. The lowest BCUT2D eigenvalue weighted by molar-refractivity contribution is -0.284. The smallest absolute Gasteiger partial charge is 0.186 e. The number of carbonyl (C=O) groups excluding carboxylic acids is 2. The third kappa shape index (κ3) is 6.96. The molecule has 6 aliphatic rings. The first-order valence-electron chi connectivity index (χ1n) is 18.5. The number of aliphatic hydroxyl groups is 6. The summed E-state index contributed by atoms with van der Waals surface area (Å²) in [6.45, 7) is 8.50. The zero-order valence-electron chi connectivity index (χ0n) is 29.4. The summed E-state index contributed by atoms with van der Waals surface area (Å²) in [5, 5.41) is 60.0. The highest BCUT2D eigenvalue weighted by Gasteiger charge is 2.62. The summed E-state index contributed by atoms with van der Waals surface area (Å²) in [7, 11) is 0. The molecule has 0 spiro atoms. The van der Waals surface area contributed by atoms with Gasteiger partial charge in [0.15, 0.2) is 12.6 Å². The number of fused-ring (bicyclic) bond motifs is 5. The van der Waals surface area contributed by atoms with Crippen LogP contribution in [0, 0.1) is 46.3 Å². The van der Waals surface area contributed by atoms with Gasteiger partial charge in [0.25, 0.3) is 0 Å². The number of allylic oxidation sites excluding steroid dienone is 1. The van der Waals surface area contributed by atoms with Gasteiger partial charge in [0.05, 0.1) is 25.9 Å². The van der Waals surface area contributed by atoms with E-state index in [4.69, 9.17) is 18.9 Å². The van der Waals surface area contributed by atoms with Crippen LogP contribution < -0.4 is 0 Å². The zero-order chi connectivity index (χ0) is 35.4. The lowest BCUT2D eigenvalue weighted by atomic mass is 9.47. The van der Waals surface area contributed by atoms with Gasteiger partial charge >= 0.3 is 0 Å². The van der Waals surface area contributed by atoms with E-state index in [0.717, 1.165) is 38.5 Å². The van der Waals surface area contributed by atoms with Gasteiger partial charge in [-0.05, 0) is 79.4 Å². The highest BCUT2D eigenvalue weighted by molar-refractivity contribution is 5.92. The van der Waals surface area contributed by atoms with Crippen LogP contribution in [0.1, 0.15) is 85.5 Å². The molecular weight excluding hydrogens is 636 g/mol. The van der Waals surface area contributed by atoms with Crippen molar-refractivity contribution in [1.29, 1.82) is 0 Å². The van der Waals surface area contributed by atoms with Crippen LogP contribution in [0.15, 0.2) is 11.6 Å². The molecule has 6 rings (SSSR count). The van der Waals surface area contributed by atoms with Gasteiger partial charge in [-0.2, -0.15) is 0 Å². The Morgan fingerprint density at radius 3 is 2.24 bits per heavy atom. The summed E-state index contributed by atoms with van der Waals surface area (Å²) >= 11 is 0. The molecule has 5 fully saturated rings. The Balaban J connectivity index is 1.04. The van der Waals surface area contributed by atoms with Gasteiger partial charge in [-0.1, -0.05) is 39.3 Å². The molecule has 0 amide bonds. The van der Waals surface area contributed by atoms with E-state index >= 15 is 0 Å². The molecule has 2 heterocycles. The Kier molecular flexibility index (Phi) is 11.2. The topological polar surface area (TPSA) is 192 Å². The summed E-state index contributed by atoms with van der Waals surface area (Å²) in [6, 6.07) is 0. The summed E-state index contributed by atoms with van der Waals surface area (Å²) in [5.74, 6) is 0.654. The number of ether oxygens (including phenoxy) is 4. The standard InChI is InChI=1S/C37H58O12/c1-18(15-46-34-32(44)30(42)27(40)16-47-34)5-8-25(38)19(2)29-26(39)14-24-22-7-6-20-13-21(49-35-33(45)31(43)28(41)17-48-35)9-11-36(20,3)23(22)10-12-37(24,29)4/h6,18-19,21-24,27-35,40-45H,5,7-17H2,1-4H3/t18-,19-,21+,22-,23+,24+,27+,28-,29+,30+,31+,32-,33-,34-,35+,36+,37+/m1/s1. The molecule has 17 atom stereocenters. The molecule has 0 radical (unpaired) electrons. The van der Waals surface area contributed by atoms with Crippen LogP contribution in [0.25, 0.3) is 0 Å². The quantitative estimate of drug-likeness (QED) is 0.182. The molecule has 0 aromatic heterocycles. The van der Waals surface area contributed by atoms with Crippen molar-refractivity contribution in [3.63, 3.8) is 0 Å². The summed E-state index contributed by atoms with van der Waals surface area (Å²) in [4.78, 5) is 27.4. The maximum atomic E-state index is 13.8. The van der Waals surface area contributed by atoms with Gasteiger partial charge in [-0.25, -0.2) is 0 Å². The first kappa shape index (κ1) is 37.4. The molecule has 0 aromatic carbocycles. The van der Waals surface area contributed by atoms with Crippen molar-refractivity contribution < 1.29 is 59.2 Å². The Hall–Kier alpha value is -1.32. The van der Waals surface area contributed by atoms with Gasteiger partial charge in [0, 0.05) is 24.7 Å². The zero-order valence-corrected chi connectivity index (χ0v) is 29.4. The van der Waals surface area contributed by atoms with E-state index < -0.39 is 49.2 Å². The van der Waals surface area contributed by atoms with Crippen LogP contribution in [0.5, 0.6) is 0 Å². The molecule has 49 heavy (non-hydrogen) atoms. The molecule has 0 unspecified atom stereocenters. The van der Waals surface area contributed by atoms with E-state index in [0.29, 0.717) is 31.1 Å². The van der Waals surface area contributed by atoms with Gasteiger partial charge in [-0.3, -0.25) is 9.59 Å². The van der Waals surface area contributed by atoms with Crippen LogP contribution in [0.2, 0.25) is 0 Å². The minimum atomic E-state index is -1.35. The maximum Gasteiger partial charge on any atom is 0.186 e. The maximum absolute atomic E-state index is 13.8. The van der Waals surface area contributed by atoms with Crippen LogP contribution >= 0.6 is 0 Å². The summed E-state index contributed by atoms with van der Waals surface area (Å²) in [6.07, 6.45) is -0.742. The first-order valence-corrected chi connectivity index (χ1v) is 18.5. The van der Waals surface area contributed by atoms with Crippen molar-refractivity contribution in [2.75, 3.05) is 19.8 Å². The second-order valence-electron chi connectivity index (χ2n) is 16.7. The van der Waals surface area contributed by atoms with Crippen LogP contribution in [0.4, 0.5) is 0 Å². The van der Waals surface area contributed by atoms with Gasteiger partial charge in [-0.15, -0.1) is 0 Å². The summed E-state index contributed by atoms with van der Waals surface area (Å²) in [5.41, 5.74) is 1.12. The number of rotatable bonds is 10. The number of carbonyl (C=O) groups is 2. The van der Waals surface area contributed by atoms with Crippen molar-refractivity contribution in [1.82, 2.24) is 0 Å². The Morgan fingerprint density at radius 2 is 1.55 bits per heavy atom. The van der Waals surface area contributed by atoms with Crippen LogP contribution in [-0.2, 0) is 28.5 Å². The highest BCUT2D eigenvalue weighted by Crippen LogP contribution is 2.66. The third-order valence-electron chi connectivity index (χ3n) is 13.6. The molecule has 2 saturated heterocycles. The Labute approximate surface area is 289 Å². The molecule has 12 nitrogen and oxygen atoms in total. The monoisotopic (exact) mass is 694 g/mol. The van der Waals surface area contributed by atoms with E-state index in [1.165, 1.54) is 5.57 Å². The molecule has 3 saturated carbocycles. The number of hydrogen-bond donors (Lipinski definition) is 6. The molecule has 0 bridgehead atoms. The number of aliphatic hydroxyl groups excluding tert-OH is 6. The highest BCUT2D eigenvalue weighted by atomic mass is 16.7. The fraction of sp³-hybridized carbons (Fsp3) is 0.892. The molecule has 0 aromatic rings. The largest absolute Gasteiger partial charge is 0.388 e. The normalized spacial score (nSPS) is 48.2. The first-order chi connectivity index (χ1) is 23.2. The average Bonchev–Trinajstić information content (AvgIpc) is 3.35. The van der Waals surface area contributed by atoms with Crippen molar-refractivity contribution in [3.8, 4) is 0 Å². The van der Waals surface area contributed by atoms with Crippen molar-refractivity contribution in [2.45, 2.75) is 141 Å². The molecule has 278 valence electrons. The minimum Gasteiger partial charge on any atom is -0.388 e. The van der Waals surface area contributed by atoms with E-state index in [1.54, 1.807) is 0 Å². The predicted octanol–water partition coefficient (Wildman–Crippen LogP) is 1.65. The predicted molar refractivity (Wildman–Crippen MR) is 174 cm³/mol. The average molecular weight is 695 g/mol. The van der Waals surface area contributed by atoms with E-state index in [9.17, 15) is 40.2 Å². The van der Waals surface area contributed by atoms with Crippen LogP contribution in [0.3, 0.4) is 0 Å². The van der Waals surface area contributed by atoms with Crippen molar-refractivity contribution >= 4 is 11.6 Å². The minimum absolute atomic E-state index is 0.0107.